The van der Waals surface area contributed by atoms with Gasteiger partial charge in [0.1, 0.15) is 4.21 Å². The van der Waals surface area contributed by atoms with Crippen molar-refractivity contribution in [3.8, 4) is 0 Å². The molecule has 0 amide bonds. The highest BCUT2D eigenvalue weighted by atomic mass is 32.2. The second kappa shape index (κ2) is 6.18. The Morgan fingerprint density at radius 1 is 1.43 bits per heavy atom. The van der Waals surface area contributed by atoms with Gasteiger partial charge in [-0.3, -0.25) is 10.1 Å². The van der Waals surface area contributed by atoms with Crippen LogP contribution in [-0.4, -0.2) is 24.9 Å². The zero-order chi connectivity index (χ0) is 15.6. The molecule has 0 bridgehead atoms. The van der Waals surface area contributed by atoms with E-state index in [2.05, 4.69) is 9.71 Å². The van der Waals surface area contributed by atoms with Crippen LogP contribution in [0.25, 0.3) is 0 Å². The molecule has 0 saturated heterocycles. The molecule has 0 fully saturated rings. The number of sulfonamides is 1. The van der Waals surface area contributed by atoms with Crippen molar-refractivity contribution in [2.24, 2.45) is 0 Å². The Morgan fingerprint density at radius 2 is 2.14 bits per heavy atom. The van der Waals surface area contributed by atoms with E-state index in [0.29, 0.717) is 11.3 Å². The molecule has 0 unspecified atom stereocenters. The lowest BCUT2D eigenvalue weighted by Gasteiger charge is -2.02. The average Bonchev–Trinajstić information content (AvgIpc) is 2.96. The second-order valence-electron chi connectivity index (χ2n) is 4.27. The molecule has 0 saturated carbocycles. The van der Waals surface area contributed by atoms with Crippen LogP contribution in [0, 0.1) is 24.0 Å². The SMILES string of the molecule is Cc1nc(CCNS(=O)(=O)c2cc([N+](=O)[O-])c(C)s2)cs1. The van der Waals surface area contributed by atoms with Gasteiger partial charge in [0.25, 0.3) is 5.69 Å². The molecule has 10 heteroatoms. The predicted molar refractivity (Wildman–Crippen MR) is 81.5 cm³/mol. The van der Waals surface area contributed by atoms with Crippen LogP contribution in [-0.2, 0) is 16.4 Å². The Labute approximate surface area is 129 Å². The van der Waals surface area contributed by atoms with Crippen LogP contribution in [0.5, 0.6) is 0 Å². The maximum atomic E-state index is 12.1. The van der Waals surface area contributed by atoms with Gasteiger partial charge in [0.2, 0.25) is 10.0 Å². The lowest BCUT2D eigenvalue weighted by Crippen LogP contribution is -2.25. The van der Waals surface area contributed by atoms with E-state index in [1.165, 1.54) is 18.3 Å². The standard InChI is InChI=1S/C11H13N3O4S3/c1-7-10(14(15)16)5-11(20-7)21(17,18)12-4-3-9-6-19-8(2)13-9/h5-6,12H,3-4H2,1-2H3. The number of nitrogens with one attached hydrogen (secondary N) is 1. The molecule has 21 heavy (non-hydrogen) atoms. The van der Waals surface area contributed by atoms with Gasteiger partial charge < -0.3 is 0 Å². The van der Waals surface area contributed by atoms with Crippen LogP contribution >= 0.6 is 22.7 Å². The largest absolute Gasteiger partial charge is 0.284 e. The van der Waals surface area contributed by atoms with Gasteiger partial charge in [0, 0.05) is 24.4 Å². The number of aryl methyl sites for hydroxylation is 2. The predicted octanol–water partition coefficient (Wildman–Crippen LogP) is 2.25. The highest BCUT2D eigenvalue weighted by Gasteiger charge is 2.23. The molecule has 0 aliphatic carbocycles. The molecular formula is C11H13N3O4S3. The zero-order valence-corrected chi connectivity index (χ0v) is 13.8. The monoisotopic (exact) mass is 347 g/mol. The maximum Gasteiger partial charge on any atom is 0.284 e. The molecule has 114 valence electrons. The molecule has 1 N–H and O–H groups in total. The Kier molecular flexibility index (Phi) is 4.71. The van der Waals surface area contributed by atoms with Crippen LogP contribution in [0.2, 0.25) is 0 Å². The van der Waals surface area contributed by atoms with Crippen molar-refractivity contribution in [2.45, 2.75) is 24.5 Å². The molecule has 2 rings (SSSR count). The van der Waals surface area contributed by atoms with Gasteiger partial charge in [0.15, 0.2) is 0 Å². The van der Waals surface area contributed by atoms with Gasteiger partial charge in [-0.1, -0.05) is 0 Å². The van der Waals surface area contributed by atoms with Crippen LogP contribution < -0.4 is 4.72 Å². The number of thiophene rings is 1. The number of thiazole rings is 1. The minimum atomic E-state index is -3.72. The molecule has 0 spiro atoms. The summed E-state index contributed by atoms with van der Waals surface area (Å²) in [4.78, 5) is 14.8. The number of nitro groups is 1. The third-order valence-corrected chi connectivity index (χ3v) is 6.47. The summed E-state index contributed by atoms with van der Waals surface area (Å²) < 4.78 is 26.5. The van der Waals surface area contributed by atoms with Gasteiger partial charge in [-0.2, -0.15) is 0 Å². The summed E-state index contributed by atoms with van der Waals surface area (Å²) in [6.45, 7) is 3.61. The molecule has 0 aliphatic heterocycles. The number of nitrogens with zero attached hydrogens (tertiary/aromatic N) is 2. The average molecular weight is 347 g/mol. The summed E-state index contributed by atoms with van der Waals surface area (Å²) in [5.74, 6) is 0. The summed E-state index contributed by atoms with van der Waals surface area (Å²) >= 11 is 2.40. The number of aromatic nitrogens is 1. The van der Waals surface area contributed by atoms with Crippen molar-refractivity contribution in [1.29, 1.82) is 0 Å². The molecular weight excluding hydrogens is 334 g/mol. The molecule has 2 aromatic heterocycles. The third-order valence-electron chi connectivity index (χ3n) is 2.67. The van der Waals surface area contributed by atoms with Gasteiger partial charge in [0.05, 0.1) is 20.5 Å². The van der Waals surface area contributed by atoms with E-state index in [4.69, 9.17) is 0 Å². The van der Waals surface area contributed by atoms with Crippen molar-refractivity contribution in [3.63, 3.8) is 0 Å². The molecule has 0 aliphatic rings. The van der Waals surface area contributed by atoms with E-state index in [9.17, 15) is 18.5 Å². The number of hydrogen-bond acceptors (Lipinski definition) is 7. The van der Waals surface area contributed by atoms with Gasteiger partial charge in [-0.05, 0) is 13.8 Å². The van der Waals surface area contributed by atoms with Crippen molar-refractivity contribution in [3.05, 3.63) is 37.1 Å². The summed E-state index contributed by atoms with van der Waals surface area (Å²) in [5, 5.41) is 13.6. The van der Waals surface area contributed by atoms with E-state index < -0.39 is 14.9 Å². The van der Waals surface area contributed by atoms with E-state index in [1.54, 1.807) is 0 Å². The highest BCUT2D eigenvalue weighted by Crippen LogP contribution is 2.30. The summed E-state index contributed by atoms with van der Waals surface area (Å²) in [6.07, 6.45) is 0.482. The Morgan fingerprint density at radius 3 is 2.67 bits per heavy atom. The first-order valence-corrected chi connectivity index (χ1v) is 9.13. The molecule has 0 atom stereocenters. The minimum absolute atomic E-state index is 0.0406. The summed E-state index contributed by atoms with van der Waals surface area (Å²) in [7, 11) is -3.72. The fourth-order valence-corrected chi connectivity index (χ4v) is 4.80. The number of hydrogen-bond donors (Lipinski definition) is 1. The zero-order valence-electron chi connectivity index (χ0n) is 11.3. The van der Waals surface area contributed by atoms with E-state index in [1.807, 2.05) is 12.3 Å². The van der Waals surface area contributed by atoms with Crippen LogP contribution in [0.4, 0.5) is 5.69 Å². The Hall–Kier alpha value is -1.36. The van der Waals surface area contributed by atoms with Gasteiger partial charge in [-0.15, -0.1) is 22.7 Å². The molecule has 2 heterocycles. The maximum absolute atomic E-state index is 12.1. The summed E-state index contributed by atoms with van der Waals surface area (Å²) in [5.41, 5.74) is 0.657. The van der Waals surface area contributed by atoms with E-state index >= 15 is 0 Å². The van der Waals surface area contributed by atoms with Crippen LogP contribution in [0.3, 0.4) is 0 Å². The molecule has 2 aromatic rings. The Bertz CT molecular complexity index is 764. The third kappa shape index (κ3) is 3.84. The smallest absolute Gasteiger partial charge is 0.258 e. The fourth-order valence-electron chi connectivity index (χ4n) is 1.67. The fraction of sp³-hybridized carbons (Fsp3) is 0.364. The Balaban J connectivity index is 2.04. The van der Waals surface area contributed by atoms with Crippen molar-refractivity contribution in [2.75, 3.05) is 6.54 Å². The van der Waals surface area contributed by atoms with Gasteiger partial charge in [-0.25, -0.2) is 18.1 Å². The topological polar surface area (TPSA) is 102 Å². The van der Waals surface area contributed by atoms with E-state index in [-0.39, 0.29) is 16.4 Å². The lowest BCUT2D eigenvalue weighted by atomic mass is 10.3. The first-order valence-electron chi connectivity index (χ1n) is 5.95. The second-order valence-corrected chi connectivity index (χ2v) is 8.58. The highest BCUT2D eigenvalue weighted by molar-refractivity contribution is 7.91. The first-order chi connectivity index (χ1) is 9.79. The molecule has 0 aromatic carbocycles. The van der Waals surface area contributed by atoms with Crippen LogP contribution in [0.15, 0.2) is 15.7 Å². The van der Waals surface area contributed by atoms with E-state index in [0.717, 1.165) is 28.1 Å². The van der Waals surface area contributed by atoms with Gasteiger partial charge >= 0.3 is 0 Å². The van der Waals surface area contributed by atoms with Crippen molar-refractivity contribution in [1.82, 2.24) is 9.71 Å². The quantitative estimate of drug-likeness (QED) is 0.638. The van der Waals surface area contributed by atoms with Crippen molar-refractivity contribution >= 4 is 38.4 Å². The lowest BCUT2D eigenvalue weighted by molar-refractivity contribution is -0.385. The molecule has 0 radical (unpaired) electrons. The van der Waals surface area contributed by atoms with Crippen molar-refractivity contribution < 1.29 is 13.3 Å². The van der Waals surface area contributed by atoms with Crippen LogP contribution in [0.1, 0.15) is 15.6 Å². The molecule has 7 nitrogen and oxygen atoms in total. The first kappa shape index (κ1) is 16.0. The normalized spacial score (nSPS) is 11.7. The minimum Gasteiger partial charge on any atom is -0.258 e. The summed E-state index contributed by atoms with van der Waals surface area (Å²) in [6, 6.07) is 1.09. The number of rotatable bonds is 6.